The van der Waals surface area contributed by atoms with Crippen LogP contribution in [0, 0.1) is 5.92 Å². The van der Waals surface area contributed by atoms with E-state index in [0.717, 1.165) is 36.8 Å². The maximum absolute atomic E-state index is 13.2. The zero-order chi connectivity index (χ0) is 27.6. The maximum Gasteiger partial charge on any atom is 0.264 e. The first kappa shape index (κ1) is 28.2. The molecule has 2 aromatic carbocycles. The third-order valence-corrected chi connectivity index (χ3v) is 12.0. The second kappa shape index (κ2) is 11.7. The third kappa shape index (κ3) is 6.72. The van der Waals surface area contributed by atoms with E-state index in [2.05, 4.69) is 9.62 Å². The van der Waals surface area contributed by atoms with Crippen molar-refractivity contribution in [2.75, 3.05) is 29.5 Å². The van der Waals surface area contributed by atoms with Crippen molar-refractivity contribution in [2.24, 2.45) is 5.92 Å². The molecule has 0 saturated heterocycles. The fraction of sp³-hybridized carbons (Fsp3) is 0.536. The molecule has 11 heteroatoms. The Morgan fingerprint density at radius 1 is 0.897 bits per heavy atom. The molecule has 8 nitrogen and oxygen atoms in total. The number of sulfone groups is 1. The van der Waals surface area contributed by atoms with Crippen molar-refractivity contribution in [3.05, 3.63) is 58.1 Å². The smallest absolute Gasteiger partial charge is 0.264 e. The molecular weight excluding hydrogens is 560 g/mol. The van der Waals surface area contributed by atoms with Gasteiger partial charge in [-0.2, -0.15) is 0 Å². The summed E-state index contributed by atoms with van der Waals surface area (Å²) in [6, 6.07) is 10.7. The van der Waals surface area contributed by atoms with Gasteiger partial charge in [0.2, 0.25) is 10.0 Å². The van der Waals surface area contributed by atoms with Crippen molar-refractivity contribution in [3.8, 4) is 5.75 Å². The van der Waals surface area contributed by atoms with Crippen LogP contribution in [-0.4, -0.2) is 52.6 Å². The predicted octanol–water partition coefficient (Wildman–Crippen LogP) is 4.50. The Kier molecular flexibility index (Phi) is 8.45. The number of sulfonamides is 1. The number of halogens is 1. The predicted molar refractivity (Wildman–Crippen MR) is 153 cm³/mol. The molecule has 2 bridgehead atoms. The lowest BCUT2D eigenvalue weighted by molar-refractivity contribution is 0.0981. The van der Waals surface area contributed by atoms with Crippen LogP contribution in [0.15, 0.2) is 36.4 Å². The molecule has 3 aliphatic rings. The highest BCUT2D eigenvalue weighted by Gasteiger charge is 2.41. The Balaban J connectivity index is 1.53. The van der Waals surface area contributed by atoms with E-state index >= 15 is 0 Å². The number of nitrogens with zero attached hydrogens (tertiary/aromatic N) is 1. The molecule has 39 heavy (non-hydrogen) atoms. The lowest BCUT2D eigenvalue weighted by atomic mass is 9.84. The van der Waals surface area contributed by atoms with E-state index < -0.39 is 31.0 Å². The lowest BCUT2D eigenvalue weighted by Gasteiger charge is -2.40. The first-order valence-corrected chi connectivity index (χ1v) is 17.4. The average Bonchev–Trinajstić information content (AvgIpc) is 2.88. The Morgan fingerprint density at radius 3 is 2.51 bits per heavy atom. The standard InChI is InChI=1S/C28H35ClN2O6S2/c29-24-10-7-23-19-37-26-11-8-21-17-25(26)31(13-3-2-6-20(23)16-24)18-22-9-12-27(22)38(33,34)14-4-1-5-15-39(35,36)30-28(21)32/h7-8,10-11,16-17,22,27H,1-6,9,12-15,18-19H2,(H,30,32)/t22-,27+/m1/s1. The van der Waals surface area contributed by atoms with Gasteiger partial charge in [0.15, 0.2) is 9.84 Å². The summed E-state index contributed by atoms with van der Waals surface area (Å²) < 4.78 is 60.0. The molecule has 2 aliphatic heterocycles. The topological polar surface area (TPSA) is 110 Å². The van der Waals surface area contributed by atoms with Crippen molar-refractivity contribution in [1.29, 1.82) is 0 Å². The molecule has 5 rings (SSSR count). The van der Waals surface area contributed by atoms with Gasteiger partial charge in [0.05, 0.1) is 22.4 Å². The minimum Gasteiger partial charge on any atom is -0.487 e. The molecule has 0 radical (unpaired) electrons. The van der Waals surface area contributed by atoms with Gasteiger partial charge in [-0.15, -0.1) is 0 Å². The molecule has 1 amide bonds. The van der Waals surface area contributed by atoms with Crippen LogP contribution in [0.2, 0.25) is 5.02 Å². The number of rotatable bonds is 0. The number of hydrogen-bond donors (Lipinski definition) is 1. The van der Waals surface area contributed by atoms with E-state index in [9.17, 15) is 21.6 Å². The SMILES string of the molecule is O=C1NS(=O)(=O)CCCCCS(=O)(=O)[C@H]2CC[C@@H]2CN2CCCCc3cc(Cl)ccc3COc3ccc1cc32. The Hall–Kier alpha value is -2.30. The number of nitrogens with one attached hydrogen (secondary N) is 1. The Morgan fingerprint density at radius 2 is 1.72 bits per heavy atom. The summed E-state index contributed by atoms with van der Waals surface area (Å²) in [4.78, 5) is 15.1. The molecule has 1 aliphatic carbocycles. The molecule has 0 aromatic heterocycles. The number of ether oxygens (including phenoxy) is 1. The van der Waals surface area contributed by atoms with Gasteiger partial charge in [0.1, 0.15) is 12.4 Å². The first-order chi connectivity index (χ1) is 18.6. The van der Waals surface area contributed by atoms with Crippen LogP contribution in [0.5, 0.6) is 5.75 Å². The minimum absolute atomic E-state index is 0.00486. The van der Waals surface area contributed by atoms with Gasteiger partial charge in [-0.25, -0.2) is 21.6 Å². The fourth-order valence-electron chi connectivity index (χ4n) is 5.76. The zero-order valence-corrected chi connectivity index (χ0v) is 24.3. The number of carbonyl (C=O) groups is 1. The summed E-state index contributed by atoms with van der Waals surface area (Å²) in [6.07, 6.45) is 5.27. The summed E-state index contributed by atoms with van der Waals surface area (Å²) in [5.41, 5.74) is 3.06. The fourth-order valence-corrected chi connectivity index (χ4v) is 9.25. The zero-order valence-electron chi connectivity index (χ0n) is 21.9. The molecule has 1 saturated carbocycles. The average molecular weight is 595 g/mol. The molecule has 0 spiro atoms. The number of amides is 1. The van der Waals surface area contributed by atoms with Crippen LogP contribution >= 0.6 is 11.6 Å². The maximum atomic E-state index is 13.2. The van der Waals surface area contributed by atoms with E-state index in [4.69, 9.17) is 16.3 Å². The highest BCUT2D eigenvalue weighted by Crippen LogP contribution is 2.39. The monoisotopic (exact) mass is 594 g/mol. The first-order valence-electron chi connectivity index (χ1n) is 13.7. The number of fused-ring (bicyclic) bond motifs is 3. The molecule has 1 N–H and O–H groups in total. The number of carbonyl (C=O) groups excluding carboxylic acids is 1. The van der Waals surface area contributed by atoms with Gasteiger partial charge in [-0.1, -0.05) is 24.1 Å². The Bertz CT molecular complexity index is 1440. The summed E-state index contributed by atoms with van der Waals surface area (Å²) in [7, 11) is -7.13. The lowest BCUT2D eigenvalue weighted by Crippen LogP contribution is -2.46. The van der Waals surface area contributed by atoms with Gasteiger partial charge >= 0.3 is 0 Å². The van der Waals surface area contributed by atoms with Crippen LogP contribution in [-0.2, 0) is 32.9 Å². The Labute approximate surface area is 236 Å². The molecule has 2 atom stereocenters. The van der Waals surface area contributed by atoms with Crippen molar-refractivity contribution < 1.29 is 26.4 Å². The van der Waals surface area contributed by atoms with Gasteiger partial charge in [-0.3, -0.25) is 4.79 Å². The van der Waals surface area contributed by atoms with Crippen LogP contribution in [0.25, 0.3) is 0 Å². The summed E-state index contributed by atoms with van der Waals surface area (Å²) in [5, 5.41) is 0.284. The van der Waals surface area contributed by atoms with Crippen LogP contribution < -0.4 is 14.4 Å². The quantitative estimate of drug-likeness (QED) is 0.478. The van der Waals surface area contributed by atoms with Crippen molar-refractivity contribution in [3.63, 3.8) is 0 Å². The van der Waals surface area contributed by atoms with Crippen LogP contribution in [0.1, 0.15) is 66.4 Å². The van der Waals surface area contributed by atoms with E-state index in [1.807, 2.05) is 18.2 Å². The number of anilines is 1. The van der Waals surface area contributed by atoms with Crippen molar-refractivity contribution >= 4 is 43.1 Å². The summed E-state index contributed by atoms with van der Waals surface area (Å²) >= 11 is 6.26. The normalized spacial score (nSPS) is 25.5. The van der Waals surface area contributed by atoms with Crippen LogP contribution in [0.3, 0.4) is 0 Å². The highest BCUT2D eigenvalue weighted by atomic mass is 35.5. The molecule has 2 aromatic rings. The van der Waals surface area contributed by atoms with E-state index in [-0.39, 0.29) is 23.0 Å². The van der Waals surface area contributed by atoms with Gasteiger partial charge in [0.25, 0.3) is 5.91 Å². The van der Waals surface area contributed by atoms with Gasteiger partial charge < -0.3 is 9.64 Å². The molecule has 0 unspecified atom stereocenters. The second-order valence-corrected chi connectivity index (χ2v) is 15.5. The van der Waals surface area contributed by atoms with Crippen LogP contribution in [0.4, 0.5) is 5.69 Å². The van der Waals surface area contributed by atoms with E-state index in [1.165, 1.54) is 0 Å². The second-order valence-electron chi connectivity index (χ2n) is 10.8. The molecule has 2 heterocycles. The van der Waals surface area contributed by atoms with E-state index in [0.29, 0.717) is 61.8 Å². The minimum atomic E-state index is -3.85. The number of benzene rings is 2. The number of hydrogen-bond acceptors (Lipinski definition) is 7. The summed E-state index contributed by atoms with van der Waals surface area (Å²) in [5.74, 6) is -0.283. The molecule has 212 valence electrons. The van der Waals surface area contributed by atoms with Crippen molar-refractivity contribution in [2.45, 2.75) is 63.2 Å². The summed E-state index contributed by atoms with van der Waals surface area (Å²) in [6.45, 7) is 1.50. The number of aryl methyl sites for hydroxylation is 1. The van der Waals surface area contributed by atoms with Gasteiger partial charge in [-0.05, 0) is 92.3 Å². The highest BCUT2D eigenvalue weighted by molar-refractivity contribution is 7.92. The van der Waals surface area contributed by atoms with E-state index in [1.54, 1.807) is 18.2 Å². The van der Waals surface area contributed by atoms with Gasteiger partial charge in [0, 0.05) is 23.7 Å². The largest absolute Gasteiger partial charge is 0.487 e. The molecule has 1 fully saturated rings. The third-order valence-electron chi connectivity index (χ3n) is 8.09. The molecular formula is C28H35ClN2O6S2. The van der Waals surface area contributed by atoms with Crippen molar-refractivity contribution in [1.82, 2.24) is 4.72 Å².